The maximum absolute atomic E-state index is 13.0. The summed E-state index contributed by atoms with van der Waals surface area (Å²) < 4.78 is 18.4. The number of hydrogen-bond donors (Lipinski definition) is 0. The fourth-order valence-electron chi connectivity index (χ4n) is 3.97. The van der Waals surface area contributed by atoms with Crippen molar-refractivity contribution >= 4 is 44.9 Å². The van der Waals surface area contributed by atoms with Gasteiger partial charge in [-0.05, 0) is 83.3 Å². The Morgan fingerprint density at radius 1 is 0.947 bits per heavy atom. The number of thioether (sulfide) groups is 1. The van der Waals surface area contributed by atoms with Crippen LogP contribution in [0.4, 0.5) is 4.79 Å². The number of amides is 2. The molecule has 4 rings (SSSR count). The molecule has 1 saturated heterocycles. The molecule has 1 fully saturated rings. The van der Waals surface area contributed by atoms with E-state index in [0.717, 1.165) is 44.2 Å². The second-order valence-corrected chi connectivity index (χ2v) is 11.1. The van der Waals surface area contributed by atoms with Crippen LogP contribution in [0.1, 0.15) is 42.0 Å². The lowest BCUT2D eigenvalue weighted by atomic mass is 10.0. The number of imide groups is 1. The minimum Gasteiger partial charge on any atom is -0.493 e. The maximum Gasteiger partial charge on any atom is 0.293 e. The average Bonchev–Trinajstić information content (AvgIpc) is 3.15. The number of rotatable bonds is 10. The summed E-state index contributed by atoms with van der Waals surface area (Å²) in [6.45, 7) is 6.99. The fourth-order valence-corrected chi connectivity index (χ4v) is 5.10. The van der Waals surface area contributed by atoms with Crippen molar-refractivity contribution in [2.75, 3.05) is 20.3 Å². The van der Waals surface area contributed by atoms with Crippen molar-refractivity contribution in [3.8, 4) is 17.2 Å². The summed E-state index contributed by atoms with van der Waals surface area (Å²) in [7, 11) is 1.58. The normalized spacial score (nSPS) is 14.5. The molecule has 0 saturated carbocycles. The molecular weight excluding hydrogens is 566 g/mol. The van der Waals surface area contributed by atoms with Gasteiger partial charge in [-0.3, -0.25) is 14.5 Å². The van der Waals surface area contributed by atoms with E-state index in [9.17, 15) is 9.59 Å². The lowest BCUT2D eigenvalue weighted by Gasteiger charge is -2.17. The minimum atomic E-state index is -0.329. The zero-order chi connectivity index (χ0) is 27.2. The standard InChI is InChI=1S/C30H30BrNO5S/c1-19(2)24-11-5-20(3)15-26(24)36-14-13-32-29(33)28(38-30(32)34)17-22-8-12-25(35-4)27(16-22)37-18-21-6-9-23(31)10-7-21/h5-12,15-17,19H,13-14,18H2,1-4H3/b28-17-. The van der Waals surface area contributed by atoms with E-state index in [0.29, 0.717) is 28.9 Å². The monoisotopic (exact) mass is 595 g/mol. The summed E-state index contributed by atoms with van der Waals surface area (Å²) in [5.41, 5.74) is 3.94. The molecule has 0 aliphatic carbocycles. The minimum absolute atomic E-state index is 0.178. The van der Waals surface area contributed by atoms with Gasteiger partial charge in [0.1, 0.15) is 19.0 Å². The van der Waals surface area contributed by atoms with E-state index in [-0.39, 0.29) is 24.3 Å². The molecule has 0 atom stereocenters. The van der Waals surface area contributed by atoms with Crippen molar-refractivity contribution in [1.82, 2.24) is 4.90 Å². The van der Waals surface area contributed by atoms with Crippen LogP contribution in [-0.2, 0) is 11.4 Å². The van der Waals surface area contributed by atoms with Gasteiger partial charge in [-0.25, -0.2) is 0 Å². The van der Waals surface area contributed by atoms with Gasteiger partial charge in [-0.15, -0.1) is 0 Å². The summed E-state index contributed by atoms with van der Waals surface area (Å²) >= 11 is 4.36. The molecule has 3 aromatic rings. The maximum atomic E-state index is 13.0. The third kappa shape index (κ3) is 6.79. The van der Waals surface area contributed by atoms with Crippen molar-refractivity contribution in [2.45, 2.75) is 33.3 Å². The van der Waals surface area contributed by atoms with Gasteiger partial charge < -0.3 is 14.2 Å². The van der Waals surface area contributed by atoms with E-state index >= 15 is 0 Å². The number of halogens is 1. The van der Waals surface area contributed by atoms with Gasteiger partial charge in [-0.1, -0.05) is 60.1 Å². The van der Waals surface area contributed by atoms with Crippen LogP contribution in [0.5, 0.6) is 17.2 Å². The highest BCUT2D eigenvalue weighted by atomic mass is 79.9. The van der Waals surface area contributed by atoms with E-state index in [4.69, 9.17) is 14.2 Å². The summed E-state index contributed by atoms with van der Waals surface area (Å²) in [6.07, 6.45) is 1.70. The molecular formula is C30H30BrNO5S. The van der Waals surface area contributed by atoms with Crippen molar-refractivity contribution in [2.24, 2.45) is 0 Å². The first-order valence-corrected chi connectivity index (χ1v) is 13.9. The van der Waals surface area contributed by atoms with Crippen molar-refractivity contribution in [3.05, 3.63) is 92.3 Å². The van der Waals surface area contributed by atoms with Gasteiger partial charge in [0.15, 0.2) is 11.5 Å². The number of hydrogen-bond acceptors (Lipinski definition) is 6. The van der Waals surface area contributed by atoms with Crippen molar-refractivity contribution in [3.63, 3.8) is 0 Å². The number of benzene rings is 3. The number of carbonyl (C=O) groups excluding carboxylic acids is 2. The van der Waals surface area contributed by atoms with Gasteiger partial charge in [0.25, 0.3) is 11.1 Å². The van der Waals surface area contributed by atoms with E-state index < -0.39 is 0 Å². The largest absolute Gasteiger partial charge is 0.493 e. The topological polar surface area (TPSA) is 65.1 Å². The Morgan fingerprint density at radius 2 is 1.71 bits per heavy atom. The highest BCUT2D eigenvalue weighted by Gasteiger charge is 2.35. The van der Waals surface area contributed by atoms with Crippen molar-refractivity contribution < 1.29 is 23.8 Å². The van der Waals surface area contributed by atoms with Gasteiger partial charge in [0.05, 0.1) is 18.6 Å². The highest BCUT2D eigenvalue weighted by molar-refractivity contribution is 9.10. The molecule has 38 heavy (non-hydrogen) atoms. The Labute approximate surface area is 236 Å². The predicted molar refractivity (Wildman–Crippen MR) is 155 cm³/mol. The summed E-state index contributed by atoms with van der Waals surface area (Å²) in [5, 5.41) is -0.307. The highest BCUT2D eigenvalue weighted by Crippen LogP contribution is 2.35. The molecule has 3 aromatic carbocycles. The molecule has 198 valence electrons. The Bertz CT molecular complexity index is 1350. The Hall–Kier alpha value is -3.23. The lowest BCUT2D eigenvalue weighted by molar-refractivity contribution is -0.123. The Balaban J connectivity index is 1.43. The van der Waals surface area contributed by atoms with Crippen LogP contribution < -0.4 is 14.2 Å². The van der Waals surface area contributed by atoms with Gasteiger partial charge in [0, 0.05) is 4.47 Å². The summed E-state index contributed by atoms with van der Waals surface area (Å²) in [6, 6.07) is 19.4. The van der Waals surface area contributed by atoms with E-state index in [2.05, 4.69) is 41.9 Å². The fraction of sp³-hybridized carbons (Fsp3) is 0.267. The molecule has 0 N–H and O–H groups in total. The quantitative estimate of drug-likeness (QED) is 0.225. The molecule has 0 bridgehead atoms. The first-order valence-electron chi connectivity index (χ1n) is 12.3. The average molecular weight is 597 g/mol. The zero-order valence-corrected chi connectivity index (χ0v) is 24.2. The molecule has 6 nitrogen and oxygen atoms in total. The van der Waals surface area contributed by atoms with Crippen LogP contribution in [0.3, 0.4) is 0 Å². The van der Waals surface area contributed by atoms with Crippen LogP contribution in [0, 0.1) is 6.92 Å². The lowest BCUT2D eigenvalue weighted by Crippen LogP contribution is -2.32. The smallest absolute Gasteiger partial charge is 0.293 e. The third-order valence-corrected chi connectivity index (χ3v) is 7.47. The molecule has 0 radical (unpaired) electrons. The van der Waals surface area contributed by atoms with Gasteiger partial charge >= 0.3 is 0 Å². The summed E-state index contributed by atoms with van der Waals surface area (Å²) in [5.74, 6) is 1.90. The first kappa shape index (κ1) is 27.8. The second kappa shape index (κ2) is 12.5. The van der Waals surface area contributed by atoms with E-state index in [1.54, 1.807) is 25.3 Å². The molecule has 1 aliphatic rings. The SMILES string of the molecule is COc1ccc(/C=C2\SC(=O)N(CCOc3cc(C)ccc3C(C)C)C2=O)cc1OCc1ccc(Br)cc1. The Morgan fingerprint density at radius 3 is 2.42 bits per heavy atom. The van der Waals surface area contributed by atoms with Gasteiger partial charge in [-0.2, -0.15) is 0 Å². The molecule has 8 heteroatoms. The number of methoxy groups -OCH3 is 1. The predicted octanol–water partition coefficient (Wildman–Crippen LogP) is 7.58. The van der Waals surface area contributed by atoms with Crippen LogP contribution in [0.2, 0.25) is 0 Å². The molecule has 1 heterocycles. The molecule has 0 spiro atoms. The van der Waals surface area contributed by atoms with Crippen LogP contribution >= 0.6 is 27.7 Å². The van der Waals surface area contributed by atoms with Gasteiger partial charge in [0.2, 0.25) is 0 Å². The molecule has 0 aromatic heterocycles. The summed E-state index contributed by atoms with van der Waals surface area (Å²) in [4.78, 5) is 27.3. The van der Waals surface area contributed by atoms with E-state index in [1.165, 1.54) is 4.90 Å². The molecule has 1 aliphatic heterocycles. The zero-order valence-electron chi connectivity index (χ0n) is 21.8. The van der Waals surface area contributed by atoms with Crippen LogP contribution in [0.15, 0.2) is 70.0 Å². The van der Waals surface area contributed by atoms with Crippen LogP contribution in [-0.4, -0.2) is 36.3 Å². The molecule has 0 unspecified atom stereocenters. The Kier molecular flexibility index (Phi) is 9.17. The number of ether oxygens (including phenoxy) is 3. The van der Waals surface area contributed by atoms with Crippen molar-refractivity contribution in [1.29, 1.82) is 0 Å². The molecule has 2 amide bonds. The van der Waals surface area contributed by atoms with E-state index in [1.807, 2.05) is 43.3 Å². The third-order valence-electron chi connectivity index (χ3n) is 6.03. The number of nitrogens with zero attached hydrogens (tertiary/aromatic N) is 1. The number of aryl methyl sites for hydroxylation is 1. The number of carbonyl (C=O) groups is 2. The van der Waals surface area contributed by atoms with Crippen LogP contribution in [0.25, 0.3) is 6.08 Å². The first-order chi connectivity index (χ1) is 18.2. The second-order valence-electron chi connectivity index (χ2n) is 9.20.